The lowest BCUT2D eigenvalue weighted by molar-refractivity contribution is 0.858. The second-order valence-electron chi connectivity index (χ2n) is 0.972. The molecule has 0 saturated heterocycles. The zero-order valence-corrected chi connectivity index (χ0v) is 3.61. The van der Waals surface area contributed by atoms with Crippen LogP contribution in [0.15, 0.2) is 12.7 Å². The van der Waals surface area contributed by atoms with Crippen LogP contribution in [0, 0.1) is 5.21 Å². The monoisotopic (exact) mass is 86.1 g/mol. The Morgan fingerprint density at radius 3 is 2.67 bits per heavy atom. The van der Waals surface area contributed by atoms with E-state index in [1.807, 2.05) is 0 Å². The number of nitrogens with one attached hydrogen (secondary N) is 1. The fourth-order valence-corrected chi connectivity index (χ4v) is 0.161. The van der Waals surface area contributed by atoms with Crippen LogP contribution in [0.2, 0.25) is 0 Å². The molecule has 36 valence electrons. The minimum absolute atomic E-state index is 0.490. The fraction of sp³-hybridized carbons (Fsp3) is 0.500. The highest BCUT2D eigenvalue weighted by Crippen LogP contribution is 1.70. The molecular formula is C4H8NO-. The van der Waals surface area contributed by atoms with Crippen LogP contribution < -0.4 is 5.48 Å². The second-order valence-corrected chi connectivity index (χ2v) is 0.972. The van der Waals surface area contributed by atoms with Crippen molar-refractivity contribution in [1.82, 2.24) is 5.48 Å². The molecule has 2 heteroatoms. The van der Waals surface area contributed by atoms with Crippen molar-refractivity contribution in [3.63, 3.8) is 0 Å². The van der Waals surface area contributed by atoms with Crippen LogP contribution in [0.1, 0.15) is 6.42 Å². The molecule has 0 fully saturated rings. The minimum atomic E-state index is 0.490. The molecule has 0 radical (unpaired) electrons. The van der Waals surface area contributed by atoms with E-state index in [1.54, 1.807) is 11.6 Å². The Morgan fingerprint density at radius 1 is 1.83 bits per heavy atom. The Balaban J connectivity index is 2.49. The van der Waals surface area contributed by atoms with E-state index >= 15 is 0 Å². The summed E-state index contributed by atoms with van der Waals surface area (Å²) in [5, 5.41) is 9.39. The molecule has 0 rings (SSSR count). The third-order valence-electron chi connectivity index (χ3n) is 0.451. The Hall–Kier alpha value is -0.340. The molecule has 0 aliphatic rings. The number of rotatable bonds is 3. The zero-order chi connectivity index (χ0) is 4.83. The van der Waals surface area contributed by atoms with E-state index in [0.29, 0.717) is 6.54 Å². The van der Waals surface area contributed by atoms with Gasteiger partial charge in [0.1, 0.15) is 0 Å². The highest BCUT2D eigenvalue weighted by Gasteiger charge is 1.64. The molecule has 0 heterocycles. The standard InChI is InChI=1S/C4H8NO/c1-2-3-4-5-6/h2,5H,1,3-4H2/q-1. The van der Waals surface area contributed by atoms with E-state index in [4.69, 9.17) is 0 Å². The Morgan fingerprint density at radius 2 is 2.50 bits per heavy atom. The molecule has 0 aromatic heterocycles. The first kappa shape index (κ1) is 5.66. The second kappa shape index (κ2) is 4.66. The maximum Gasteiger partial charge on any atom is -0.0134 e. The molecule has 0 aromatic rings. The highest BCUT2D eigenvalue weighted by atomic mass is 16.5. The van der Waals surface area contributed by atoms with Crippen molar-refractivity contribution in [2.75, 3.05) is 6.54 Å². The largest absolute Gasteiger partial charge is 0.788 e. The van der Waals surface area contributed by atoms with Crippen LogP contribution in [0.25, 0.3) is 0 Å². The van der Waals surface area contributed by atoms with Crippen LogP contribution >= 0.6 is 0 Å². The van der Waals surface area contributed by atoms with Crippen LogP contribution in [-0.2, 0) is 0 Å². The maximum absolute atomic E-state index is 9.39. The molecule has 0 unspecified atom stereocenters. The SMILES string of the molecule is C=CCCN[O-]. The third-order valence-corrected chi connectivity index (χ3v) is 0.451. The van der Waals surface area contributed by atoms with Gasteiger partial charge in [0, 0.05) is 0 Å². The van der Waals surface area contributed by atoms with Gasteiger partial charge >= 0.3 is 0 Å². The zero-order valence-electron chi connectivity index (χ0n) is 3.61. The summed E-state index contributed by atoms with van der Waals surface area (Å²) in [4.78, 5) is 0. The molecule has 2 nitrogen and oxygen atoms in total. The normalized spacial score (nSPS) is 8.17. The molecule has 0 spiro atoms. The van der Waals surface area contributed by atoms with E-state index in [0.717, 1.165) is 6.42 Å². The number of hydrogen-bond acceptors (Lipinski definition) is 2. The van der Waals surface area contributed by atoms with Gasteiger partial charge in [0.2, 0.25) is 0 Å². The van der Waals surface area contributed by atoms with Gasteiger partial charge in [-0.1, -0.05) is 6.08 Å². The van der Waals surface area contributed by atoms with Gasteiger partial charge < -0.3 is 10.7 Å². The Kier molecular flexibility index (Phi) is 4.40. The molecule has 0 aliphatic carbocycles. The van der Waals surface area contributed by atoms with E-state index in [9.17, 15) is 5.21 Å². The lowest BCUT2D eigenvalue weighted by Crippen LogP contribution is -2.02. The molecule has 0 saturated carbocycles. The topological polar surface area (TPSA) is 35.1 Å². The summed E-state index contributed by atoms with van der Waals surface area (Å²) < 4.78 is 0. The summed E-state index contributed by atoms with van der Waals surface area (Å²) in [6.45, 7) is 3.91. The van der Waals surface area contributed by atoms with Crippen molar-refractivity contribution in [2.24, 2.45) is 0 Å². The summed E-state index contributed by atoms with van der Waals surface area (Å²) in [6, 6.07) is 0. The number of hydrogen-bond donors (Lipinski definition) is 1. The Labute approximate surface area is 37.4 Å². The van der Waals surface area contributed by atoms with Crippen molar-refractivity contribution in [2.45, 2.75) is 6.42 Å². The minimum Gasteiger partial charge on any atom is -0.788 e. The molecule has 0 aliphatic heterocycles. The van der Waals surface area contributed by atoms with E-state index in [-0.39, 0.29) is 0 Å². The average Bonchev–Trinajstić information content (AvgIpc) is 1.61. The van der Waals surface area contributed by atoms with Gasteiger partial charge in [0.25, 0.3) is 0 Å². The van der Waals surface area contributed by atoms with Gasteiger partial charge in [-0.3, -0.25) is 0 Å². The summed E-state index contributed by atoms with van der Waals surface area (Å²) in [6.07, 6.45) is 2.45. The molecule has 0 atom stereocenters. The fourth-order valence-electron chi connectivity index (χ4n) is 0.161. The van der Waals surface area contributed by atoms with Gasteiger partial charge in [0.05, 0.1) is 0 Å². The van der Waals surface area contributed by atoms with Crippen molar-refractivity contribution in [3.05, 3.63) is 17.9 Å². The lowest BCUT2D eigenvalue weighted by Gasteiger charge is -2.01. The van der Waals surface area contributed by atoms with Gasteiger partial charge in [0.15, 0.2) is 0 Å². The molecule has 6 heavy (non-hydrogen) atoms. The van der Waals surface area contributed by atoms with Crippen LogP contribution in [-0.4, -0.2) is 6.54 Å². The summed E-state index contributed by atoms with van der Waals surface area (Å²) in [7, 11) is 0. The van der Waals surface area contributed by atoms with Gasteiger partial charge in [-0.2, -0.15) is 0 Å². The van der Waals surface area contributed by atoms with Gasteiger partial charge in [-0.25, -0.2) is 0 Å². The van der Waals surface area contributed by atoms with Crippen molar-refractivity contribution < 1.29 is 0 Å². The van der Waals surface area contributed by atoms with Crippen LogP contribution in [0.5, 0.6) is 0 Å². The van der Waals surface area contributed by atoms with E-state index in [1.165, 1.54) is 0 Å². The predicted molar refractivity (Wildman–Crippen MR) is 26.2 cm³/mol. The molecule has 0 bridgehead atoms. The molecule has 0 amide bonds. The quantitative estimate of drug-likeness (QED) is 0.311. The van der Waals surface area contributed by atoms with E-state index in [2.05, 4.69) is 6.58 Å². The average molecular weight is 86.1 g/mol. The first-order chi connectivity index (χ1) is 2.91. The van der Waals surface area contributed by atoms with Crippen molar-refractivity contribution in [3.8, 4) is 0 Å². The summed E-state index contributed by atoms with van der Waals surface area (Å²) >= 11 is 0. The van der Waals surface area contributed by atoms with Gasteiger partial charge in [-0.05, 0) is 13.0 Å². The maximum atomic E-state index is 9.39. The highest BCUT2D eigenvalue weighted by molar-refractivity contribution is 4.66. The van der Waals surface area contributed by atoms with Crippen LogP contribution in [0.3, 0.4) is 0 Å². The predicted octanol–water partition coefficient (Wildman–Crippen LogP) is 0.650. The van der Waals surface area contributed by atoms with E-state index < -0.39 is 0 Å². The molecule has 1 N–H and O–H groups in total. The Bertz CT molecular complexity index is 36.5. The number of hydroxylamine groups is 1. The summed E-state index contributed by atoms with van der Waals surface area (Å²) in [5.41, 5.74) is 1.75. The smallest absolute Gasteiger partial charge is 0.0134 e. The van der Waals surface area contributed by atoms with Crippen molar-refractivity contribution in [1.29, 1.82) is 0 Å². The molecular weight excluding hydrogens is 78.0 g/mol. The first-order valence-corrected chi connectivity index (χ1v) is 1.87. The van der Waals surface area contributed by atoms with Crippen molar-refractivity contribution >= 4 is 0 Å². The third kappa shape index (κ3) is 3.66. The van der Waals surface area contributed by atoms with Gasteiger partial charge in [-0.15, -0.1) is 6.58 Å². The lowest BCUT2D eigenvalue weighted by atomic mass is 10.4. The van der Waals surface area contributed by atoms with Crippen LogP contribution in [0.4, 0.5) is 0 Å². The molecule has 0 aromatic carbocycles. The summed E-state index contributed by atoms with van der Waals surface area (Å²) in [5.74, 6) is 0. The first-order valence-electron chi connectivity index (χ1n) is 1.87.